The summed E-state index contributed by atoms with van der Waals surface area (Å²) in [5.41, 5.74) is 4.63. The Morgan fingerprint density at radius 1 is 1.03 bits per heavy atom. The van der Waals surface area contributed by atoms with Gasteiger partial charge in [-0.1, -0.05) is 54.1 Å². The minimum Gasteiger partial charge on any atom is -0.484 e. The second kappa shape index (κ2) is 9.11. The molecular formula is C24H19ClN2O2S. The number of carbonyl (C=O) groups is 1. The van der Waals surface area contributed by atoms with Crippen LogP contribution in [0, 0.1) is 6.92 Å². The zero-order valence-electron chi connectivity index (χ0n) is 16.3. The van der Waals surface area contributed by atoms with Crippen LogP contribution in [0.4, 0.5) is 5.69 Å². The number of thiazole rings is 1. The van der Waals surface area contributed by atoms with E-state index >= 15 is 0 Å². The molecule has 0 saturated heterocycles. The van der Waals surface area contributed by atoms with Crippen LogP contribution in [0.1, 0.15) is 5.56 Å². The molecule has 4 aromatic rings. The largest absolute Gasteiger partial charge is 0.484 e. The summed E-state index contributed by atoms with van der Waals surface area (Å²) in [6.45, 7) is 1.82. The van der Waals surface area contributed by atoms with Gasteiger partial charge in [0.2, 0.25) is 0 Å². The van der Waals surface area contributed by atoms with Crippen LogP contribution in [0.15, 0.2) is 78.2 Å². The van der Waals surface area contributed by atoms with Gasteiger partial charge in [0.05, 0.1) is 5.69 Å². The molecule has 0 saturated carbocycles. The van der Waals surface area contributed by atoms with E-state index in [1.807, 2.05) is 60.8 Å². The highest BCUT2D eigenvalue weighted by Crippen LogP contribution is 2.29. The number of halogens is 1. The van der Waals surface area contributed by atoms with Gasteiger partial charge < -0.3 is 10.1 Å². The highest BCUT2D eigenvalue weighted by atomic mass is 35.5. The quantitative estimate of drug-likeness (QED) is 0.379. The molecule has 1 N–H and O–H groups in total. The third-order valence-corrected chi connectivity index (χ3v) is 5.80. The Labute approximate surface area is 184 Å². The molecule has 0 aliphatic heterocycles. The number of ether oxygens (including phenoxy) is 1. The van der Waals surface area contributed by atoms with Crippen molar-refractivity contribution in [1.82, 2.24) is 4.98 Å². The number of hydrogen-bond donors (Lipinski definition) is 1. The molecule has 0 aliphatic carbocycles. The van der Waals surface area contributed by atoms with Crippen molar-refractivity contribution < 1.29 is 9.53 Å². The van der Waals surface area contributed by atoms with Gasteiger partial charge >= 0.3 is 0 Å². The van der Waals surface area contributed by atoms with Gasteiger partial charge in [-0.25, -0.2) is 4.98 Å². The maximum Gasteiger partial charge on any atom is 0.262 e. The Kier molecular flexibility index (Phi) is 6.12. The molecule has 30 heavy (non-hydrogen) atoms. The first-order valence-electron chi connectivity index (χ1n) is 9.39. The summed E-state index contributed by atoms with van der Waals surface area (Å²) >= 11 is 7.61. The van der Waals surface area contributed by atoms with E-state index in [0.717, 1.165) is 27.4 Å². The van der Waals surface area contributed by atoms with Crippen molar-refractivity contribution in [2.24, 2.45) is 0 Å². The fourth-order valence-electron chi connectivity index (χ4n) is 2.90. The number of rotatable bonds is 6. The second-order valence-electron chi connectivity index (χ2n) is 6.73. The first kappa shape index (κ1) is 20.1. The summed E-state index contributed by atoms with van der Waals surface area (Å²) in [6, 6.07) is 23.0. The molecule has 4 nitrogen and oxygen atoms in total. The van der Waals surface area contributed by atoms with Crippen LogP contribution in [-0.4, -0.2) is 17.5 Å². The first-order valence-corrected chi connectivity index (χ1v) is 10.6. The van der Waals surface area contributed by atoms with Crippen LogP contribution < -0.4 is 10.1 Å². The molecule has 3 aromatic carbocycles. The zero-order valence-corrected chi connectivity index (χ0v) is 17.8. The number of carbonyl (C=O) groups excluding carboxylic acids is 1. The Morgan fingerprint density at radius 3 is 2.53 bits per heavy atom. The second-order valence-corrected chi connectivity index (χ2v) is 7.99. The standard InChI is InChI=1S/C24H19ClN2O2S/c1-16-13-20(11-12-21(16)25)29-14-23(28)26-19-9-7-17(8-10-19)22-15-30-24(27-22)18-5-3-2-4-6-18/h2-13,15H,14H2,1H3,(H,26,28). The lowest BCUT2D eigenvalue weighted by molar-refractivity contribution is -0.118. The van der Waals surface area contributed by atoms with E-state index in [4.69, 9.17) is 21.3 Å². The van der Waals surface area contributed by atoms with Crippen LogP contribution >= 0.6 is 22.9 Å². The summed E-state index contributed by atoms with van der Waals surface area (Å²) in [6.07, 6.45) is 0. The molecule has 1 aromatic heterocycles. The van der Waals surface area contributed by atoms with Crippen LogP contribution in [-0.2, 0) is 4.79 Å². The van der Waals surface area contributed by atoms with E-state index in [1.54, 1.807) is 23.5 Å². The number of nitrogens with one attached hydrogen (secondary N) is 1. The lowest BCUT2D eigenvalue weighted by Gasteiger charge is -2.09. The summed E-state index contributed by atoms with van der Waals surface area (Å²) < 4.78 is 5.53. The number of nitrogens with zero attached hydrogens (tertiary/aromatic N) is 1. The predicted octanol–water partition coefficient (Wildman–Crippen LogP) is 6.46. The highest BCUT2D eigenvalue weighted by Gasteiger charge is 2.08. The number of benzene rings is 3. The Morgan fingerprint density at radius 2 is 1.80 bits per heavy atom. The summed E-state index contributed by atoms with van der Waals surface area (Å²) in [5.74, 6) is 0.385. The van der Waals surface area contributed by atoms with Gasteiger partial charge in [0.25, 0.3) is 5.91 Å². The molecule has 0 aliphatic rings. The smallest absolute Gasteiger partial charge is 0.262 e. The van der Waals surface area contributed by atoms with E-state index in [0.29, 0.717) is 16.5 Å². The lowest BCUT2D eigenvalue weighted by atomic mass is 10.1. The minimum absolute atomic E-state index is 0.0741. The fraction of sp³-hybridized carbons (Fsp3) is 0.0833. The molecule has 0 fully saturated rings. The van der Waals surface area contributed by atoms with Crippen LogP contribution in [0.3, 0.4) is 0 Å². The normalized spacial score (nSPS) is 10.6. The van der Waals surface area contributed by atoms with E-state index in [1.165, 1.54) is 0 Å². The van der Waals surface area contributed by atoms with Gasteiger partial charge in [-0.05, 0) is 42.8 Å². The first-order chi connectivity index (χ1) is 14.6. The molecular weight excluding hydrogens is 416 g/mol. The molecule has 150 valence electrons. The molecule has 4 rings (SSSR count). The van der Waals surface area contributed by atoms with Gasteiger partial charge in [0.1, 0.15) is 10.8 Å². The van der Waals surface area contributed by atoms with E-state index in [9.17, 15) is 4.79 Å². The van der Waals surface area contributed by atoms with Crippen molar-refractivity contribution >= 4 is 34.5 Å². The molecule has 6 heteroatoms. The Balaban J connectivity index is 1.36. The summed E-state index contributed by atoms with van der Waals surface area (Å²) in [7, 11) is 0. The number of anilines is 1. The highest BCUT2D eigenvalue weighted by molar-refractivity contribution is 7.13. The predicted molar refractivity (Wildman–Crippen MR) is 123 cm³/mol. The van der Waals surface area contributed by atoms with Crippen molar-refractivity contribution in [2.75, 3.05) is 11.9 Å². The van der Waals surface area contributed by atoms with Gasteiger partial charge in [-0.3, -0.25) is 4.79 Å². The van der Waals surface area contributed by atoms with Gasteiger partial charge in [-0.2, -0.15) is 0 Å². The molecule has 0 atom stereocenters. The molecule has 0 spiro atoms. The van der Waals surface area contributed by atoms with E-state index in [-0.39, 0.29) is 12.5 Å². The van der Waals surface area contributed by atoms with Gasteiger partial charge in [-0.15, -0.1) is 11.3 Å². The molecule has 1 heterocycles. The summed E-state index contributed by atoms with van der Waals surface area (Å²) in [5, 5.41) is 6.53. The number of aryl methyl sites for hydroxylation is 1. The molecule has 0 radical (unpaired) electrons. The number of aromatic nitrogens is 1. The molecule has 0 bridgehead atoms. The third kappa shape index (κ3) is 4.87. The SMILES string of the molecule is Cc1cc(OCC(=O)Nc2ccc(-c3csc(-c4ccccc4)n3)cc2)ccc1Cl. The van der Waals surface area contributed by atoms with Crippen molar-refractivity contribution in [3.63, 3.8) is 0 Å². The van der Waals surface area contributed by atoms with Crippen LogP contribution in [0.2, 0.25) is 5.02 Å². The number of amides is 1. The van der Waals surface area contributed by atoms with Crippen molar-refractivity contribution in [1.29, 1.82) is 0 Å². The monoisotopic (exact) mass is 434 g/mol. The van der Waals surface area contributed by atoms with Crippen LogP contribution in [0.25, 0.3) is 21.8 Å². The molecule has 1 amide bonds. The minimum atomic E-state index is -0.227. The van der Waals surface area contributed by atoms with Gasteiger partial charge in [0.15, 0.2) is 6.61 Å². The maximum atomic E-state index is 12.2. The maximum absolute atomic E-state index is 12.2. The van der Waals surface area contributed by atoms with E-state index < -0.39 is 0 Å². The van der Waals surface area contributed by atoms with E-state index in [2.05, 4.69) is 17.4 Å². The number of hydrogen-bond acceptors (Lipinski definition) is 4. The Bertz CT molecular complexity index is 1160. The topological polar surface area (TPSA) is 51.2 Å². The molecule has 0 unspecified atom stereocenters. The van der Waals surface area contributed by atoms with Crippen LogP contribution in [0.5, 0.6) is 5.75 Å². The van der Waals surface area contributed by atoms with Crippen molar-refractivity contribution in [3.8, 4) is 27.6 Å². The fourth-order valence-corrected chi connectivity index (χ4v) is 3.85. The third-order valence-electron chi connectivity index (χ3n) is 4.49. The average Bonchev–Trinajstić information content (AvgIpc) is 3.26. The summed E-state index contributed by atoms with van der Waals surface area (Å²) in [4.78, 5) is 16.9. The zero-order chi connectivity index (χ0) is 20.9. The van der Waals surface area contributed by atoms with Gasteiger partial charge in [0, 0.05) is 27.2 Å². The van der Waals surface area contributed by atoms with Crippen molar-refractivity contribution in [2.45, 2.75) is 6.92 Å². The average molecular weight is 435 g/mol. The Hall–Kier alpha value is -3.15. The lowest BCUT2D eigenvalue weighted by Crippen LogP contribution is -2.20. The van der Waals surface area contributed by atoms with Crippen molar-refractivity contribution in [3.05, 3.63) is 88.8 Å².